The van der Waals surface area contributed by atoms with E-state index in [1.54, 1.807) is 0 Å². The van der Waals surface area contributed by atoms with Gasteiger partial charge in [-0.25, -0.2) is 17.9 Å². The van der Waals surface area contributed by atoms with Gasteiger partial charge >= 0.3 is 0 Å². The molecular formula is C8H11FN2O2S. The summed E-state index contributed by atoms with van der Waals surface area (Å²) < 4.78 is 34.9. The Labute approximate surface area is 82.0 Å². The van der Waals surface area contributed by atoms with Gasteiger partial charge in [0.25, 0.3) is 0 Å². The zero-order chi connectivity index (χ0) is 10.8. The van der Waals surface area contributed by atoms with Crippen LogP contribution in [-0.4, -0.2) is 15.0 Å². The number of anilines is 1. The molecule has 0 heterocycles. The van der Waals surface area contributed by atoms with E-state index in [0.717, 1.165) is 6.07 Å². The average molecular weight is 218 g/mol. The molecule has 0 bridgehead atoms. The molecule has 0 aliphatic heterocycles. The first-order valence-electron chi connectivity index (χ1n) is 4.01. The van der Waals surface area contributed by atoms with Crippen molar-refractivity contribution in [3.8, 4) is 0 Å². The van der Waals surface area contributed by atoms with Gasteiger partial charge in [0.15, 0.2) is 0 Å². The van der Waals surface area contributed by atoms with Crippen LogP contribution in [0.25, 0.3) is 0 Å². The summed E-state index contributed by atoms with van der Waals surface area (Å²) in [7, 11) is -3.82. The molecule has 0 unspecified atom stereocenters. The molecule has 0 aromatic heterocycles. The Hall–Kier alpha value is -1.14. The molecule has 0 atom stereocenters. The molecule has 1 rings (SSSR count). The van der Waals surface area contributed by atoms with E-state index in [-0.39, 0.29) is 10.6 Å². The van der Waals surface area contributed by atoms with E-state index in [9.17, 15) is 12.8 Å². The number of hydrogen-bond donors (Lipinski definition) is 2. The monoisotopic (exact) mass is 218 g/mol. The normalized spacial score (nSPS) is 11.4. The van der Waals surface area contributed by atoms with E-state index in [0.29, 0.717) is 6.54 Å². The van der Waals surface area contributed by atoms with Gasteiger partial charge in [0.1, 0.15) is 5.82 Å². The second-order valence-corrected chi connectivity index (χ2v) is 4.28. The smallest absolute Gasteiger partial charge is 0.238 e. The number of halogens is 1. The minimum absolute atomic E-state index is 0.225. The zero-order valence-corrected chi connectivity index (χ0v) is 8.44. The fourth-order valence-electron chi connectivity index (χ4n) is 1.01. The summed E-state index contributed by atoms with van der Waals surface area (Å²) in [6.07, 6.45) is 0. The van der Waals surface area contributed by atoms with E-state index in [1.807, 2.05) is 6.92 Å². The standard InChI is InChI=1S/C8H11FN2O2S/c1-2-11-8-4-3-6(5-7(8)9)14(10,12)13/h3-5,11H,2H2,1H3,(H2,10,12,13). The van der Waals surface area contributed by atoms with Crippen molar-refractivity contribution in [1.29, 1.82) is 0 Å². The molecule has 1 aromatic carbocycles. The van der Waals surface area contributed by atoms with Gasteiger partial charge in [-0.05, 0) is 25.1 Å². The SMILES string of the molecule is CCNc1ccc(S(N)(=O)=O)cc1F. The van der Waals surface area contributed by atoms with Crippen LogP contribution in [0.4, 0.5) is 10.1 Å². The quantitative estimate of drug-likeness (QED) is 0.791. The molecular weight excluding hydrogens is 207 g/mol. The van der Waals surface area contributed by atoms with Gasteiger partial charge < -0.3 is 5.32 Å². The molecule has 0 aliphatic carbocycles. The number of hydrogen-bond acceptors (Lipinski definition) is 3. The maximum absolute atomic E-state index is 13.2. The number of primary sulfonamides is 1. The van der Waals surface area contributed by atoms with Gasteiger partial charge in [-0.1, -0.05) is 0 Å². The van der Waals surface area contributed by atoms with Crippen molar-refractivity contribution >= 4 is 15.7 Å². The third kappa shape index (κ3) is 2.43. The van der Waals surface area contributed by atoms with Crippen molar-refractivity contribution in [1.82, 2.24) is 0 Å². The lowest BCUT2D eigenvalue weighted by atomic mass is 10.3. The number of nitrogens with two attached hydrogens (primary N) is 1. The number of rotatable bonds is 3. The molecule has 0 amide bonds. The van der Waals surface area contributed by atoms with Gasteiger partial charge in [-0.3, -0.25) is 0 Å². The van der Waals surface area contributed by atoms with E-state index in [2.05, 4.69) is 5.32 Å². The Morgan fingerprint density at radius 3 is 2.57 bits per heavy atom. The van der Waals surface area contributed by atoms with Gasteiger partial charge in [-0.15, -0.1) is 0 Å². The largest absolute Gasteiger partial charge is 0.383 e. The van der Waals surface area contributed by atoms with Gasteiger partial charge in [-0.2, -0.15) is 0 Å². The lowest BCUT2D eigenvalue weighted by molar-refractivity contribution is 0.593. The predicted octanol–water partition coefficient (Wildman–Crippen LogP) is 0.905. The molecule has 0 saturated heterocycles. The molecule has 3 N–H and O–H groups in total. The molecule has 6 heteroatoms. The minimum atomic E-state index is -3.82. The van der Waals surface area contributed by atoms with E-state index >= 15 is 0 Å². The molecule has 78 valence electrons. The summed E-state index contributed by atoms with van der Waals surface area (Å²) >= 11 is 0. The summed E-state index contributed by atoms with van der Waals surface area (Å²) in [6, 6.07) is 3.50. The Kier molecular flexibility index (Phi) is 3.07. The summed E-state index contributed by atoms with van der Waals surface area (Å²) in [6.45, 7) is 2.37. The van der Waals surface area contributed by atoms with Crippen LogP contribution in [-0.2, 0) is 10.0 Å². The summed E-state index contributed by atoms with van der Waals surface area (Å²) in [5, 5.41) is 7.58. The fraction of sp³-hybridized carbons (Fsp3) is 0.250. The number of benzene rings is 1. The first-order valence-corrected chi connectivity index (χ1v) is 5.56. The van der Waals surface area contributed by atoms with Crippen molar-refractivity contribution in [2.45, 2.75) is 11.8 Å². The Morgan fingerprint density at radius 2 is 2.14 bits per heavy atom. The van der Waals surface area contributed by atoms with E-state index in [4.69, 9.17) is 5.14 Å². The predicted molar refractivity (Wildman–Crippen MR) is 51.9 cm³/mol. The summed E-state index contributed by atoms with van der Waals surface area (Å²) in [5.74, 6) is -0.627. The highest BCUT2D eigenvalue weighted by Crippen LogP contribution is 2.17. The van der Waals surface area contributed by atoms with Crippen molar-refractivity contribution in [3.05, 3.63) is 24.0 Å². The van der Waals surface area contributed by atoms with Crippen LogP contribution in [0.3, 0.4) is 0 Å². The number of nitrogens with one attached hydrogen (secondary N) is 1. The first kappa shape index (κ1) is 10.9. The molecule has 1 aromatic rings. The van der Waals surface area contributed by atoms with Crippen molar-refractivity contribution in [2.75, 3.05) is 11.9 Å². The van der Waals surface area contributed by atoms with E-state index < -0.39 is 15.8 Å². The fourth-order valence-corrected chi connectivity index (χ4v) is 1.53. The van der Waals surface area contributed by atoms with Crippen molar-refractivity contribution < 1.29 is 12.8 Å². The van der Waals surface area contributed by atoms with Crippen LogP contribution in [0, 0.1) is 5.82 Å². The van der Waals surface area contributed by atoms with Crippen LogP contribution in [0.2, 0.25) is 0 Å². The molecule has 0 radical (unpaired) electrons. The Bertz CT molecular complexity index is 431. The van der Waals surface area contributed by atoms with Crippen molar-refractivity contribution in [3.63, 3.8) is 0 Å². The molecule has 0 spiro atoms. The topological polar surface area (TPSA) is 72.2 Å². The molecule has 0 aliphatic rings. The summed E-state index contributed by atoms with van der Waals surface area (Å²) in [4.78, 5) is -0.225. The number of sulfonamides is 1. The molecule has 0 saturated carbocycles. The highest BCUT2D eigenvalue weighted by atomic mass is 32.2. The lowest BCUT2D eigenvalue weighted by Crippen LogP contribution is -2.12. The van der Waals surface area contributed by atoms with Gasteiger partial charge in [0, 0.05) is 6.54 Å². The second kappa shape index (κ2) is 3.93. The maximum Gasteiger partial charge on any atom is 0.238 e. The molecule has 0 fully saturated rings. The zero-order valence-electron chi connectivity index (χ0n) is 7.62. The summed E-state index contributed by atoms with van der Waals surface area (Å²) in [5.41, 5.74) is 0.264. The molecule has 14 heavy (non-hydrogen) atoms. The highest BCUT2D eigenvalue weighted by molar-refractivity contribution is 7.89. The van der Waals surface area contributed by atoms with Crippen LogP contribution in [0.1, 0.15) is 6.92 Å². The van der Waals surface area contributed by atoms with Crippen LogP contribution in [0.5, 0.6) is 0 Å². The maximum atomic E-state index is 13.2. The molecule has 4 nitrogen and oxygen atoms in total. The van der Waals surface area contributed by atoms with Crippen LogP contribution >= 0.6 is 0 Å². The van der Waals surface area contributed by atoms with E-state index in [1.165, 1.54) is 12.1 Å². The average Bonchev–Trinajstić information content (AvgIpc) is 2.07. The highest BCUT2D eigenvalue weighted by Gasteiger charge is 2.10. The second-order valence-electron chi connectivity index (χ2n) is 2.72. The third-order valence-electron chi connectivity index (χ3n) is 1.64. The van der Waals surface area contributed by atoms with Crippen LogP contribution < -0.4 is 10.5 Å². The first-order chi connectivity index (χ1) is 6.45. The Balaban J connectivity index is 3.13. The van der Waals surface area contributed by atoms with Crippen LogP contribution in [0.15, 0.2) is 23.1 Å². The van der Waals surface area contributed by atoms with Crippen molar-refractivity contribution in [2.24, 2.45) is 5.14 Å². The lowest BCUT2D eigenvalue weighted by Gasteiger charge is -2.05. The van der Waals surface area contributed by atoms with Gasteiger partial charge in [0.2, 0.25) is 10.0 Å². The Morgan fingerprint density at radius 1 is 1.50 bits per heavy atom. The van der Waals surface area contributed by atoms with Gasteiger partial charge in [0.05, 0.1) is 10.6 Å². The minimum Gasteiger partial charge on any atom is -0.383 e. The third-order valence-corrected chi connectivity index (χ3v) is 2.55.